The molecular formula is C22H22F3N5O3. The molecule has 0 spiro atoms. The van der Waals surface area contributed by atoms with Gasteiger partial charge in [-0.2, -0.15) is 13.2 Å². The number of alkyl halides is 3. The van der Waals surface area contributed by atoms with Gasteiger partial charge in [0.15, 0.2) is 0 Å². The first-order chi connectivity index (χ1) is 15.7. The molecule has 33 heavy (non-hydrogen) atoms. The zero-order valence-electron chi connectivity index (χ0n) is 17.8. The Bertz CT molecular complexity index is 1190. The molecule has 1 heterocycles. The van der Waals surface area contributed by atoms with Gasteiger partial charge < -0.3 is 15.4 Å². The fourth-order valence-electron chi connectivity index (χ4n) is 3.69. The summed E-state index contributed by atoms with van der Waals surface area (Å²) >= 11 is 0. The van der Waals surface area contributed by atoms with Crippen molar-refractivity contribution in [1.29, 1.82) is 0 Å². The Balaban J connectivity index is 1.65. The summed E-state index contributed by atoms with van der Waals surface area (Å²) < 4.78 is 48.3. The van der Waals surface area contributed by atoms with Gasteiger partial charge in [0, 0.05) is 13.1 Å². The molecule has 1 saturated carbocycles. The third-order valence-electron chi connectivity index (χ3n) is 5.60. The summed E-state index contributed by atoms with van der Waals surface area (Å²) in [7, 11) is 1.19. The molecule has 1 aliphatic rings. The highest BCUT2D eigenvalue weighted by atomic mass is 19.4. The normalized spacial score (nSPS) is 13.8. The van der Waals surface area contributed by atoms with E-state index in [0.717, 1.165) is 17.7 Å². The molecule has 1 aromatic heterocycles. The lowest BCUT2D eigenvalue weighted by molar-refractivity contribution is -0.141. The summed E-state index contributed by atoms with van der Waals surface area (Å²) in [5, 5.41) is 7.81. The Hall–Kier alpha value is -3.63. The van der Waals surface area contributed by atoms with Gasteiger partial charge in [0.25, 0.3) is 0 Å². The minimum atomic E-state index is -4.63. The minimum Gasteiger partial charge on any atom is -0.468 e. The van der Waals surface area contributed by atoms with Crippen LogP contribution < -0.4 is 5.73 Å². The molecule has 0 saturated heterocycles. The summed E-state index contributed by atoms with van der Waals surface area (Å²) in [6.45, 7) is 0.230. The average molecular weight is 461 g/mol. The SMILES string of the molecule is COC(=O)CN(Cc1ccc(-c2ccc3c(nnn3CC3CC3)c2C(F)(F)F)cc1)C(N)=O. The molecular weight excluding hydrogens is 439 g/mol. The number of primary amides is 1. The van der Waals surface area contributed by atoms with Crippen molar-refractivity contribution in [3.05, 3.63) is 47.5 Å². The summed E-state index contributed by atoms with van der Waals surface area (Å²) in [5.41, 5.74) is 5.56. The standard InChI is InChI=1S/C22H22F3N5O3/c1-33-18(31)12-29(21(26)32)10-13-4-6-15(7-5-13)16-8-9-17-20(19(16)22(23,24)25)27-28-30(17)11-14-2-3-14/h4-9,14H,2-3,10-12H2,1H3,(H2,26,32). The van der Waals surface area contributed by atoms with Gasteiger partial charge in [0.05, 0.1) is 18.2 Å². The van der Waals surface area contributed by atoms with E-state index in [9.17, 15) is 22.8 Å². The highest BCUT2D eigenvalue weighted by molar-refractivity contribution is 5.87. The first-order valence-electron chi connectivity index (χ1n) is 10.3. The molecule has 2 aromatic carbocycles. The van der Waals surface area contributed by atoms with Crippen LogP contribution in [0.3, 0.4) is 0 Å². The molecule has 2 amide bonds. The van der Waals surface area contributed by atoms with E-state index in [0.29, 0.717) is 29.1 Å². The molecule has 3 aromatic rings. The topological polar surface area (TPSA) is 103 Å². The number of aromatic nitrogens is 3. The maximum Gasteiger partial charge on any atom is 0.419 e. The number of ether oxygens (including phenoxy) is 1. The first-order valence-corrected chi connectivity index (χ1v) is 10.3. The molecule has 2 N–H and O–H groups in total. The number of rotatable bonds is 7. The Labute approximate surface area is 187 Å². The smallest absolute Gasteiger partial charge is 0.419 e. The lowest BCUT2D eigenvalue weighted by atomic mass is 9.97. The fourth-order valence-corrected chi connectivity index (χ4v) is 3.69. The van der Waals surface area contributed by atoms with Gasteiger partial charge in [-0.05, 0) is 41.5 Å². The van der Waals surface area contributed by atoms with Crippen molar-refractivity contribution < 1.29 is 27.5 Å². The third-order valence-corrected chi connectivity index (χ3v) is 5.60. The summed E-state index contributed by atoms with van der Waals surface area (Å²) in [4.78, 5) is 24.1. The van der Waals surface area contributed by atoms with Crippen molar-refractivity contribution in [3.8, 4) is 11.1 Å². The number of carbonyl (C=O) groups excluding carboxylic acids is 2. The van der Waals surface area contributed by atoms with Crippen LogP contribution in [-0.2, 0) is 28.8 Å². The number of fused-ring (bicyclic) bond motifs is 1. The first kappa shape index (κ1) is 22.6. The maximum atomic E-state index is 14.1. The molecule has 8 nitrogen and oxygen atoms in total. The molecule has 0 atom stereocenters. The monoisotopic (exact) mass is 461 g/mol. The zero-order chi connectivity index (χ0) is 23.8. The van der Waals surface area contributed by atoms with Crippen LogP contribution in [-0.4, -0.2) is 45.5 Å². The van der Waals surface area contributed by atoms with Crippen molar-refractivity contribution in [2.45, 2.75) is 32.1 Å². The van der Waals surface area contributed by atoms with E-state index < -0.39 is 23.7 Å². The Morgan fingerprint density at radius 3 is 2.45 bits per heavy atom. The minimum absolute atomic E-state index is 0.00533. The van der Waals surface area contributed by atoms with Gasteiger partial charge in [-0.3, -0.25) is 4.79 Å². The fraction of sp³-hybridized carbons (Fsp3) is 0.364. The molecule has 0 unspecified atom stereocenters. The lowest BCUT2D eigenvalue weighted by Crippen LogP contribution is -2.39. The number of halogens is 3. The van der Waals surface area contributed by atoms with Crippen LogP contribution in [0.4, 0.5) is 18.0 Å². The van der Waals surface area contributed by atoms with Crippen molar-refractivity contribution in [1.82, 2.24) is 19.9 Å². The van der Waals surface area contributed by atoms with E-state index >= 15 is 0 Å². The average Bonchev–Trinajstić information content (AvgIpc) is 3.50. The van der Waals surface area contributed by atoms with E-state index in [1.54, 1.807) is 18.2 Å². The van der Waals surface area contributed by atoms with E-state index in [4.69, 9.17) is 5.73 Å². The highest BCUT2D eigenvalue weighted by Crippen LogP contribution is 2.41. The van der Waals surface area contributed by atoms with E-state index in [-0.39, 0.29) is 24.2 Å². The molecule has 0 aliphatic heterocycles. The molecule has 1 aliphatic carbocycles. The van der Waals surface area contributed by atoms with Gasteiger partial charge >= 0.3 is 18.2 Å². The van der Waals surface area contributed by atoms with Crippen LogP contribution in [0, 0.1) is 5.92 Å². The van der Waals surface area contributed by atoms with Gasteiger partial charge in [-0.1, -0.05) is 35.5 Å². The van der Waals surface area contributed by atoms with Gasteiger partial charge in [-0.15, -0.1) is 5.10 Å². The number of amides is 2. The number of hydrogen-bond donors (Lipinski definition) is 1. The molecule has 0 bridgehead atoms. The van der Waals surface area contributed by atoms with Crippen molar-refractivity contribution in [2.24, 2.45) is 11.7 Å². The van der Waals surface area contributed by atoms with Crippen LogP contribution in [0.15, 0.2) is 36.4 Å². The quantitative estimate of drug-likeness (QED) is 0.542. The third kappa shape index (κ3) is 4.91. The number of esters is 1. The summed E-state index contributed by atoms with van der Waals surface area (Å²) in [5.74, 6) is -0.195. The van der Waals surface area contributed by atoms with Crippen molar-refractivity contribution in [2.75, 3.05) is 13.7 Å². The highest BCUT2D eigenvalue weighted by Gasteiger charge is 2.38. The molecule has 174 valence electrons. The Morgan fingerprint density at radius 1 is 1.18 bits per heavy atom. The largest absolute Gasteiger partial charge is 0.468 e. The second-order valence-corrected chi connectivity index (χ2v) is 8.04. The maximum absolute atomic E-state index is 14.1. The summed E-state index contributed by atoms with van der Waals surface area (Å²) in [6, 6.07) is 8.44. The number of nitrogens with two attached hydrogens (primary N) is 1. The van der Waals surface area contributed by atoms with Gasteiger partial charge in [0.2, 0.25) is 0 Å². The predicted octanol–water partition coefficient (Wildman–Crippen LogP) is 3.58. The van der Waals surface area contributed by atoms with E-state index in [1.807, 2.05) is 0 Å². The zero-order valence-corrected chi connectivity index (χ0v) is 17.8. The van der Waals surface area contributed by atoms with Crippen molar-refractivity contribution >= 4 is 23.0 Å². The van der Waals surface area contributed by atoms with Crippen LogP contribution in [0.5, 0.6) is 0 Å². The number of carbonyl (C=O) groups is 2. The number of hydrogen-bond acceptors (Lipinski definition) is 5. The molecule has 11 heteroatoms. The van der Waals surface area contributed by atoms with E-state index in [2.05, 4.69) is 15.0 Å². The van der Waals surface area contributed by atoms with Gasteiger partial charge in [0.1, 0.15) is 12.1 Å². The molecule has 0 radical (unpaired) electrons. The Kier molecular flexibility index (Phi) is 5.96. The number of methoxy groups -OCH3 is 1. The van der Waals surface area contributed by atoms with E-state index in [1.165, 1.54) is 30.0 Å². The van der Waals surface area contributed by atoms with Crippen molar-refractivity contribution in [3.63, 3.8) is 0 Å². The van der Waals surface area contributed by atoms with Gasteiger partial charge in [-0.25, -0.2) is 9.48 Å². The lowest BCUT2D eigenvalue weighted by Gasteiger charge is -2.19. The molecule has 1 fully saturated rings. The predicted molar refractivity (Wildman–Crippen MR) is 113 cm³/mol. The summed E-state index contributed by atoms with van der Waals surface area (Å²) in [6.07, 6.45) is -2.54. The number of urea groups is 1. The number of benzene rings is 2. The second kappa shape index (κ2) is 8.72. The van der Waals surface area contributed by atoms with Crippen LogP contribution >= 0.6 is 0 Å². The van der Waals surface area contributed by atoms with Crippen LogP contribution in [0.25, 0.3) is 22.2 Å². The van der Waals surface area contributed by atoms with Crippen LogP contribution in [0.2, 0.25) is 0 Å². The Morgan fingerprint density at radius 2 is 1.88 bits per heavy atom. The molecule has 4 rings (SSSR count). The number of nitrogens with zero attached hydrogens (tertiary/aromatic N) is 4. The van der Waals surface area contributed by atoms with Crippen LogP contribution in [0.1, 0.15) is 24.0 Å². The second-order valence-electron chi connectivity index (χ2n) is 8.04.